The largest absolute Gasteiger partial charge is 0.496 e. The number of sulfone groups is 1. The van der Waals surface area contributed by atoms with Crippen LogP contribution < -0.4 is 4.74 Å². The van der Waals surface area contributed by atoms with E-state index in [0.29, 0.717) is 17.7 Å². The van der Waals surface area contributed by atoms with Crippen molar-refractivity contribution < 1.29 is 17.9 Å². The summed E-state index contributed by atoms with van der Waals surface area (Å²) < 4.78 is 29.8. The molecule has 4 aliphatic rings. The summed E-state index contributed by atoms with van der Waals surface area (Å²) >= 11 is 1.50. The Labute approximate surface area is 176 Å². The number of amidine groups is 1. The molecule has 1 aromatic carbocycles. The van der Waals surface area contributed by atoms with Gasteiger partial charge in [-0.2, -0.15) is 4.99 Å². The van der Waals surface area contributed by atoms with E-state index in [2.05, 4.69) is 9.89 Å². The van der Waals surface area contributed by atoms with Gasteiger partial charge in [0.1, 0.15) is 5.75 Å². The number of rotatable bonds is 4. The molecule has 0 radical (unpaired) electrons. The van der Waals surface area contributed by atoms with Gasteiger partial charge in [-0.05, 0) is 37.2 Å². The minimum atomic E-state index is -3.01. The molecule has 8 heteroatoms. The number of thioether (sulfide) groups is 1. The Bertz CT molecular complexity index is 961. The van der Waals surface area contributed by atoms with E-state index in [1.807, 2.05) is 24.3 Å². The van der Waals surface area contributed by atoms with Gasteiger partial charge in [0.15, 0.2) is 15.0 Å². The molecule has 2 bridgehead atoms. The zero-order chi connectivity index (χ0) is 20.2. The lowest BCUT2D eigenvalue weighted by atomic mass is 9.93. The van der Waals surface area contributed by atoms with Gasteiger partial charge >= 0.3 is 0 Å². The van der Waals surface area contributed by atoms with Crippen LogP contribution >= 0.6 is 11.8 Å². The van der Waals surface area contributed by atoms with Crippen LogP contribution in [0.1, 0.15) is 31.2 Å². The van der Waals surface area contributed by atoms with Crippen LogP contribution in [-0.4, -0.2) is 60.3 Å². The second-order valence-corrected chi connectivity index (χ2v) is 12.1. The maximum Gasteiger partial charge on any atom is 0.252 e. The first-order valence-corrected chi connectivity index (χ1v) is 13.0. The molecule has 5 atom stereocenters. The number of nitrogens with zero attached hydrogens (tertiary/aromatic N) is 2. The molecule has 0 aromatic heterocycles. The Morgan fingerprint density at radius 1 is 1.21 bits per heavy atom. The molecule has 1 amide bonds. The first-order chi connectivity index (χ1) is 13.9. The smallest absolute Gasteiger partial charge is 0.252 e. The lowest BCUT2D eigenvalue weighted by Gasteiger charge is -2.36. The number of amides is 1. The molecule has 1 aromatic rings. The quantitative estimate of drug-likeness (QED) is 0.725. The molecule has 2 aliphatic carbocycles. The molecule has 2 aliphatic heterocycles. The van der Waals surface area contributed by atoms with Crippen LogP contribution in [0.25, 0.3) is 0 Å². The minimum Gasteiger partial charge on any atom is -0.496 e. The first kappa shape index (κ1) is 19.4. The van der Waals surface area contributed by atoms with Crippen molar-refractivity contribution in [3.05, 3.63) is 29.8 Å². The third-order valence-corrected chi connectivity index (χ3v) is 10.1. The van der Waals surface area contributed by atoms with Crippen LogP contribution in [0.4, 0.5) is 0 Å². The van der Waals surface area contributed by atoms with Gasteiger partial charge in [0.2, 0.25) is 0 Å². The number of hydrogen-bond donors (Lipinski definition) is 0. The van der Waals surface area contributed by atoms with Crippen molar-refractivity contribution >= 4 is 32.7 Å². The van der Waals surface area contributed by atoms with Gasteiger partial charge in [-0.1, -0.05) is 36.4 Å². The number of ether oxygens (including phenoxy) is 1. The van der Waals surface area contributed by atoms with Gasteiger partial charge in [-0.3, -0.25) is 4.79 Å². The zero-order valence-electron chi connectivity index (χ0n) is 16.5. The molecule has 5 rings (SSSR count). The Kier molecular flexibility index (Phi) is 4.89. The Morgan fingerprint density at radius 2 is 2.03 bits per heavy atom. The molecular weight excluding hydrogens is 408 g/mol. The summed E-state index contributed by atoms with van der Waals surface area (Å²) in [6.07, 6.45) is 5.02. The van der Waals surface area contributed by atoms with E-state index in [-0.39, 0.29) is 35.1 Å². The Balaban J connectivity index is 1.41. The molecule has 2 saturated carbocycles. The molecule has 29 heavy (non-hydrogen) atoms. The van der Waals surface area contributed by atoms with Crippen molar-refractivity contribution in [1.82, 2.24) is 4.90 Å². The van der Waals surface area contributed by atoms with E-state index in [0.717, 1.165) is 23.1 Å². The van der Waals surface area contributed by atoms with Crippen molar-refractivity contribution in [3.8, 4) is 5.75 Å². The molecule has 2 heterocycles. The van der Waals surface area contributed by atoms with Crippen LogP contribution in [-0.2, 0) is 21.1 Å². The number of aliphatic imine (C=N–C) groups is 1. The number of benzene rings is 1. The van der Waals surface area contributed by atoms with Crippen molar-refractivity contribution in [3.63, 3.8) is 0 Å². The van der Waals surface area contributed by atoms with Gasteiger partial charge in [-0.25, -0.2) is 8.42 Å². The summed E-state index contributed by atoms with van der Waals surface area (Å²) in [4.78, 5) is 19.5. The SMILES string of the molecule is COc1ccccc1CC(=O)N=C1S[C@@H]2CS(=O)(=O)C[C@@H]2N1[C@@H]1C[C@H]2CC[C@H]1C2. The number of carbonyl (C=O) groups excluding carboxylic acids is 1. The highest BCUT2D eigenvalue weighted by Crippen LogP contribution is 2.51. The Morgan fingerprint density at radius 3 is 2.76 bits per heavy atom. The number of fused-ring (bicyclic) bond motifs is 3. The zero-order valence-corrected chi connectivity index (χ0v) is 18.1. The average molecular weight is 435 g/mol. The second-order valence-electron chi connectivity index (χ2n) is 8.73. The Hall–Kier alpha value is -1.54. The average Bonchev–Trinajstić information content (AvgIpc) is 3.41. The predicted molar refractivity (Wildman–Crippen MR) is 114 cm³/mol. The van der Waals surface area contributed by atoms with E-state index in [4.69, 9.17) is 4.74 Å². The fourth-order valence-electron chi connectivity index (χ4n) is 5.69. The number of hydrogen-bond acceptors (Lipinski definition) is 5. The fraction of sp³-hybridized carbons (Fsp3) is 0.619. The van der Waals surface area contributed by atoms with Gasteiger partial charge in [0.05, 0.1) is 31.1 Å². The van der Waals surface area contributed by atoms with Crippen LogP contribution in [0, 0.1) is 11.8 Å². The summed E-state index contributed by atoms with van der Waals surface area (Å²) in [6.45, 7) is 0. The topological polar surface area (TPSA) is 76.0 Å². The highest BCUT2D eigenvalue weighted by atomic mass is 32.2. The summed E-state index contributed by atoms with van der Waals surface area (Å²) in [5.41, 5.74) is 0.821. The number of methoxy groups -OCH3 is 1. The third-order valence-electron chi connectivity index (χ3n) is 6.92. The van der Waals surface area contributed by atoms with E-state index in [9.17, 15) is 13.2 Å². The molecule has 6 nitrogen and oxygen atoms in total. The van der Waals surface area contributed by atoms with Crippen LogP contribution in [0.3, 0.4) is 0 Å². The molecule has 0 N–H and O–H groups in total. The summed E-state index contributed by atoms with van der Waals surface area (Å²) in [6, 6.07) is 7.79. The molecule has 156 valence electrons. The molecule has 0 unspecified atom stereocenters. The normalized spacial score (nSPS) is 36.0. The first-order valence-electron chi connectivity index (χ1n) is 10.3. The van der Waals surface area contributed by atoms with Crippen molar-refractivity contribution in [2.24, 2.45) is 16.8 Å². The van der Waals surface area contributed by atoms with E-state index in [1.54, 1.807) is 7.11 Å². The molecular formula is C21H26N2O4S2. The van der Waals surface area contributed by atoms with Gasteiger partial charge in [0.25, 0.3) is 5.91 Å². The van der Waals surface area contributed by atoms with E-state index in [1.165, 1.54) is 31.0 Å². The maximum atomic E-state index is 12.8. The van der Waals surface area contributed by atoms with Crippen LogP contribution in [0.2, 0.25) is 0 Å². The lowest BCUT2D eigenvalue weighted by Crippen LogP contribution is -2.47. The summed E-state index contributed by atoms with van der Waals surface area (Å²) in [5, 5.41) is 0.740. The van der Waals surface area contributed by atoms with Crippen molar-refractivity contribution in [1.29, 1.82) is 0 Å². The maximum absolute atomic E-state index is 12.8. The van der Waals surface area contributed by atoms with E-state index < -0.39 is 9.84 Å². The van der Waals surface area contributed by atoms with Gasteiger partial charge in [0, 0.05) is 16.9 Å². The number of para-hydroxylation sites is 1. The summed E-state index contributed by atoms with van der Waals surface area (Å²) in [7, 11) is -1.41. The monoisotopic (exact) mass is 434 g/mol. The number of carbonyl (C=O) groups is 1. The van der Waals surface area contributed by atoms with Crippen LogP contribution in [0.15, 0.2) is 29.3 Å². The third kappa shape index (κ3) is 3.58. The fourth-order valence-corrected chi connectivity index (χ4v) is 9.68. The highest BCUT2D eigenvalue weighted by Gasteiger charge is 2.54. The summed E-state index contributed by atoms with van der Waals surface area (Å²) in [5.74, 6) is 2.23. The van der Waals surface area contributed by atoms with Gasteiger partial charge in [-0.15, -0.1) is 0 Å². The predicted octanol–water partition coefficient (Wildman–Crippen LogP) is 2.52. The standard InChI is InChI=1S/C21H26N2O4S2/c1-27-18-5-3-2-4-15(18)10-20(24)22-21-23(16-9-13-6-7-14(16)8-13)17-11-29(25,26)12-19(17)28-21/h2-5,13-14,16-17,19H,6-12H2,1H3/t13-,14-,16+,17-,19+/m0/s1. The van der Waals surface area contributed by atoms with Crippen molar-refractivity contribution in [2.75, 3.05) is 18.6 Å². The lowest BCUT2D eigenvalue weighted by molar-refractivity contribution is -0.117. The highest BCUT2D eigenvalue weighted by molar-refractivity contribution is 8.15. The van der Waals surface area contributed by atoms with E-state index >= 15 is 0 Å². The van der Waals surface area contributed by atoms with Gasteiger partial charge < -0.3 is 9.64 Å². The molecule has 4 fully saturated rings. The molecule has 2 saturated heterocycles. The van der Waals surface area contributed by atoms with Crippen LogP contribution in [0.5, 0.6) is 5.75 Å². The van der Waals surface area contributed by atoms with Crippen molar-refractivity contribution in [2.45, 2.75) is 49.4 Å². The molecule has 0 spiro atoms. The minimum absolute atomic E-state index is 0.00284. The second kappa shape index (κ2) is 7.30.